The Morgan fingerprint density at radius 1 is 0.286 bits per heavy atom. The highest BCUT2D eigenvalue weighted by Gasteiger charge is 2.30. The number of urea groups is 1. The van der Waals surface area contributed by atoms with Gasteiger partial charge in [0.05, 0.1) is 68.0 Å². The zero-order chi connectivity index (χ0) is 59.8. The summed E-state index contributed by atoms with van der Waals surface area (Å²) in [7, 11) is 0. The van der Waals surface area contributed by atoms with E-state index in [9.17, 15) is 0 Å². The molecule has 0 saturated carbocycles. The fraction of sp³-hybridized carbons (Fsp3) is 0.438. The molecule has 84 heavy (non-hydrogen) atoms. The number of hydrogen-bond acceptors (Lipinski definition) is 5. The Bertz CT molecular complexity index is 3850. The number of aryl methyl sites for hydroxylation is 8. The van der Waals surface area contributed by atoms with Crippen LogP contribution in [-0.2, 0) is 51.4 Å². The molecule has 4 aliphatic rings. The van der Waals surface area contributed by atoms with E-state index < -0.39 is 0 Å². The molecule has 4 aliphatic heterocycles. The first-order valence-electron chi connectivity index (χ1n) is 32.4. The number of aromatic amines is 4. The molecule has 440 valence electrons. The molecular formula is C73H92N10O. The van der Waals surface area contributed by atoms with Crippen molar-refractivity contribution in [1.29, 1.82) is 0 Å². The maximum Gasteiger partial charge on any atom is 0.323 e. The molecule has 6 N–H and O–H groups in total. The standard InChI is InChI=1S/C73H92N10O/c1-17-39-43(21-5)59-35-63-47(25-9)51(29-13)67(78-63)71(68-52(30-14)48(26-10)64(79-68)36-60-44(22-6)40(18-2)56(75-60)33-55(39)74-59)82-73(84)83-72-69-53(31-15)49(27-11)65(80-69)37-61-45(23-7)41(19-3)57(76-61)34-58-42(20-4)46(24-8)62(77-58)38-66-50(28-12)54(32-16)70(72)81-66/h33-38,74,76,79,81H,17-32H2,1-16H3,(H2,82,83,84). The van der Waals surface area contributed by atoms with Gasteiger partial charge in [0.2, 0.25) is 0 Å². The predicted molar refractivity (Wildman–Crippen MR) is 359 cm³/mol. The van der Waals surface area contributed by atoms with Gasteiger partial charge in [0, 0.05) is 33.1 Å². The van der Waals surface area contributed by atoms with Gasteiger partial charge in [0.1, 0.15) is 0 Å². The summed E-state index contributed by atoms with van der Waals surface area (Å²) in [5.41, 5.74) is 36.6. The van der Waals surface area contributed by atoms with Crippen molar-refractivity contribution in [1.82, 2.24) is 39.9 Å². The number of carbonyl (C=O) groups excluding carboxylic acids is 1. The molecular weight excluding hydrogens is 1030 g/mol. The molecule has 6 aromatic rings. The number of rotatable bonds is 18. The summed E-state index contributed by atoms with van der Waals surface area (Å²) >= 11 is 0. The van der Waals surface area contributed by atoms with Crippen molar-refractivity contribution in [2.24, 2.45) is 0 Å². The third-order valence-electron chi connectivity index (χ3n) is 18.7. The van der Waals surface area contributed by atoms with E-state index >= 15 is 4.79 Å². The van der Waals surface area contributed by atoms with Gasteiger partial charge in [-0.1, -0.05) is 111 Å². The smallest absolute Gasteiger partial charge is 0.323 e. The number of fused-ring (bicyclic) bond motifs is 16. The molecule has 11 heteroatoms. The van der Waals surface area contributed by atoms with Crippen LogP contribution >= 0.6 is 0 Å². The van der Waals surface area contributed by atoms with Gasteiger partial charge < -0.3 is 30.6 Å². The third kappa shape index (κ3) is 10.0. The first-order valence-corrected chi connectivity index (χ1v) is 32.4. The molecule has 0 radical (unpaired) electrons. The molecule has 10 heterocycles. The Balaban J connectivity index is 1.32. The van der Waals surface area contributed by atoms with Crippen molar-refractivity contribution in [2.45, 2.75) is 214 Å². The number of anilines is 2. The first-order chi connectivity index (χ1) is 40.8. The number of aromatic nitrogens is 8. The molecule has 0 aromatic carbocycles. The second-order valence-electron chi connectivity index (χ2n) is 22.7. The zero-order valence-electron chi connectivity index (χ0n) is 53.5. The van der Waals surface area contributed by atoms with E-state index in [1.54, 1.807) is 0 Å². The number of allylic oxidation sites excluding steroid dienone is 8. The summed E-state index contributed by atoms with van der Waals surface area (Å²) < 4.78 is 0. The van der Waals surface area contributed by atoms with Crippen LogP contribution in [0, 0.1) is 0 Å². The van der Waals surface area contributed by atoms with Gasteiger partial charge in [-0.2, -0.15) is 0 Å². The average molecular weight is 1130 g/mol. The minimum atomic E-state index is -0.367. The summed E-state index contributed by atoms with van der Waals surface area (Å²) in [5.74, 6) is 0. The Morgan fingerprint density at radius 3 is 0.738 bits per heavy atom. The van der Waals surface area contributed by atoms with E-state index in [4.69, 9.17) is 19.9 Å². The number of carbonyl (C=O) groups is 1. The maximum atomic E-state index is 16.1. The largest absolute Gasteiger partial charge is 0.355 e. The highest BCUT2D eigenvalue weighted by molar-refractivity contribution is 6.12. The van der Waals surface area contributed by atoms with Gasteiger partial charge in [-0.25, -0.2) is 24.7 Å². The third-order valence-corrected chi connectivity index (χ3v) is 18.7. The average Bonchev–Trinajstić information content (AvgIpc) is 2.92. The van der Waals surface area contributed by atoms with E-state index in [0.29, 0.717) is 11.4 Å². The summed E-state index contributed by atoms with van der Waals surface area (Å²) in [6.07, 6.45) is 13.1. The van der Waals surface area contributed by atoms with E-state index in [1.807, 2.05) is 0 Å². The van der Waals surface area contributed by atoms with E-state index in [1.165, 1.54) is 66.8 Å². The van der Waals surface area contributed by atoms with Crippen molar-refractivity contribution >= 4 is 106 Å². The van der Waals surface area contributed by atoms with Gasteiger partial charge in [-0.15, -0.1) is 0 Å². The highest BCUT2D eigenvalue weighted by atomic mass is 16.2. The normalized spacial score (nSPS) is 13.6. The summed E-state index contributed by atoms with van der Waals surface area (Å²) in [6, 6.07) is 13.3. The van der Waals surface area contributed by atoms with Gasteiger partial charge >= 0.3 is 6.03 Å². The van der Waals surface area contributed by atoms with Crippen molar-refractivity contribution in [3.8, 4) is 0 Å². The molecule has 0 aliphatic carbocycles. The molecule has 16 bridgehead atoms. The quantitative estimate of drug-likeness (QED) is 0.0505. The van der Waals surface area contributed by atoms with Crippen LogP contribution in [0.4, 0.5) is 16.2 Å². The van der Waals surface area contributed by atoms with Gasteiger partial charge in [0.25, 0.3) is 0 Å². The fourth-order valence-corrected chi connectivity index (χ4v) is 14.9. The second kappa shape index (κ2) is 25.0. The lowest BCUT2D eigenvalue weighted by molar-refractivity contribution is 0.262. The van der Waals surface area contributed by atoms with E-state index in [0.717, 1.165) is 215 Å². The minimum absolute atomic E-state index is 0.367. The van der Waals surface area contributed by atoms with Crippen LogP contribution in [0.1, 0.15) is 252 Å². The zero-order valence-corrected chi connectivity index (χ0v) is 53.5. The lowest BCUT2D eigenvalue weighted by Gasteiger charge is -2.15. The highest BCUT2D eigenvalue weighted by Crippen LogP contribution is 2.45. The van der Waals surface area contributed by atoms with Gasteiger partial charge in [0.15, 0.2) is 0 Å². The van der Waals surface area contributed by atoms with Crippen LogP contribution in [-0.4, -0.2) is 45.9 Å². The molecule has 2 amide bonds. The van der Waals surface area contributed by atoms with Crippen molar-refractivity contribution in [3.63, 3.8) is 0 Å². The lowest BCUT2D eigenvalue weighted by Crippen LogP contribution is -2.21. The molecule has 0 spiro atoms. The van der Waals surface area contributed by atoms with Crippen LogP contribution in [0.25, 0.3) is 88.7 Å². The summed E-state index contributed by atoms with van der Waals surface area (Å²) in [5, 5.41) is 7.24. The Labute approximate surface area is 499 Å². The number of nitrogens with one attached hydrogen (secondary N) is 6. The van der Waals surface area contributed by atoms with Crippen molar-refractivity contribution in [2.75, 3.05) is 10.6 Å². The first kappa shape index (κ1) is 59.6. The molecule has 0 fully saturated rings. The number of hydrogen-bond donors (Lipinski definition) is 6. The topological polar surface area (TPSA) is 156 Å². The van der Waals surface area contributed by atoms with Crippen molar-refractivity contribution in [3.05, 3.63) is 126 Å². The lowest BCUT2D eigenvalue weighted by atomic mass is 9.97. The minimum Gasteiger partial charge on any atom is -0.355 e. The van der Waals surface area contributed by atoms with Crippen LogP contribution in [0.3, 0.4) is 0 Å². The molecule has 11 nitrogen and oxygen atoms in total. The Morgan fingerprint density at radius 2 is 0.500 bits per heavy atom. The molecule has 0 saturated heterocycles. The maximum absolute atomic E-state index is 16.1. The SMILES string of the molecule is CCC1=C(CC)c2cc3[nH]c(c(CC)c3CC)c(NC(=O)Nc3c4nc(cc5[nH]c(cc6nc(cc7[nH]c3c(CC)c7CC)C(CC)=C6CC)c(CC)c5CC)C(CC)=C4CC)c3nc(cc4[nH]c(cc1n2)c(CC)c4CC)C(CC)=C3CC. The second-order valence-corrected chi connectivity index (χ2v) is 22.7. The van der Waals surface area contributed by atoms with Crippen LogP contribution in [0.2, 0.25) is 0 Å². The van der Waals surface area contributed by atoms with E-state index in [-0.39, 0.29) is 6.03 Å². The van der Waals surface area contributed by atoms with Crippen LogP contribution in [0.5, 0.6) is 0 Å². The number of amides is 2. The van der Waals surface area contributed by atoms with Crippen LogP contribution < -0.4 is 10.6 Å². The van der Waals surface area contributed by atoms with Crippen molar-refractivity contribution < 1.29 is 4.79 Å². The van der Waals surface area contributed by atoms with Gasteiger partial charge in [-0.3, -0.25) is 0 Å². The number of H-pyrrole nitrogens is 4. The Kier molecular flexibility index (Phi) is 17.7. The van der Waals surface area contributed by atoms with E-state index in [2.05, 4.69) is 178 Å². The summed E-state index contributed by atoms with van der Waals surface area (Å²) in [6.45, 7) is 35.8. The Hall–Kier alpha value is -7.53. The summed E-state index contributed by atoms with van der Waals surface area (Å²) in [4.78, 5) is 54.3. The molecule has 6 aromatic heterocycles. The monoisotopic (exact) mass is 1120 g/mol. The predicted octanol–water partition coefficient (Wildman–Crippen LogP) is 20.0. The van der Waals surface area contributed by atoms with Crippen LogP contribution in [0.15, 0.2) is 36.4 Å². The molecule has 10 rings (SSSR count). The molecule has 0 unspecified atom stereocenters. The van der Waals surface area contributed by atoms with Gasteiger partial charge in [-0.05, 0) is 228 Å². The molecule has 0 atom stereocenters. The number of nitrogens with zero attached hydrogens (tertiary/aromatic N) is 4. The fourth-order valence-electron chi connectivity index (χ4n) is 14.9.